The van der Waals surface area contributed by atoms with Gasteiger partial charge in [-0.3, -0.25) is 14.6 Å². The Hall–Kier alpha value is -1.91. The average Bonchev–Trinajstić information content (AvgIpc) is 2.35. The Morgan fingerprint density at radius 1 is 1.50 bits per heavy atom. The molecule has 1 heterocycles. The molecule has 0 aliphatic carbocycles. The fraction of sp³-hybridized carbons (Fsp3) is 0.364. The van der Waals surface area contributed by atoms with Gasteiger partial charge < -0.3 is 9.64 Å². The predicted molar refractivity (Wildman–Crippen MR) is 57.8 cm³/mol. The number of carbonyl (C=O) groups excluding carboxylic acids is 2. The zero-order valence-corrected chi connectivity index (χ0v) is 9.34. The molecule has 1 aromatic rings. The van der Waals surface area contributed by atoms with E-state index in [0.717, 1.165) is 0 Å². The quantitative estimate of drug-likeness (QED) is 0.704. The molecule has 16 heavy (non-hydrogen) atoms. The summed E-state index contributed by atoms with van der Waals surface area (Å²) in [6.07, 6.45) is 3.07. The van der Waals surface area contributed by atoms with Crippen LogP contribution >= 0.6 is 0 Å². The topological polar surface area (TPSA) is 59.5 Å². The highest BCUT2D eigenvalue weighted by Gasteiger charge is 2.17. The smallest absolute Gasteiger partial charge is 0.325 e. The minimum Gasteiger partial charge on any atom is -0.468 e. The van der Waals surface area contributed by atoms with E-state index in [4.69, 9.17) is 0 Å². The third-order valence-corrected chi connectivity index (χ3v) is 2.13. The van der Waals surface area contributed by atoms with E-state index in [1.807, 2.05) is 0 Å². The molecule has 5 nitrogen and oxygen atoms in total. The maximum absolute atomic E-state index is 11.9. The van der Waals surface area contributed by atoms with Gasteiger partial charge in [0.05, 0.1) is 12.7 Å². The number of nitrogens with zero attached hydrogens (tertiary/aromatic N) is 2. The third-order valence-electron chi connectivity index (χ3n) is 2.13. The number of pyridine rings is 1. The molecule has 1 aromatic heterocycles. The van der Waals surface area contributed by atoms with Crippen LogP contribution in [0.25, 0.3) is 0 Å². The molecule has 5 heteroatoms. The summed E-state index contributed by atoms with van der Waals surface area (Å²) in [5, 5.41) is 0. The van der Waals surface area contributed by atoms with Crippen molar-refractivity contribution in [1.82, 2.24) is 9.88 Å². The zero-order valence-electron chi connectivity index (χ0n) is 9.34. The van der Waals surface area contributed by atoms with Gasteiger partial charge in [-0.2, -0.15) is 0 Å². The van der Waals surface area contributed by atoms with Gasteiger partial charge >= 0.3 is 5.97 Å². The van der Waals surface area contributed by atoms with E-state index in [0.29, 0.717) is 12.1 Å². The second kappa shape index (κ2) is 5.85. The van der Waals surface area contributed by atoms with Crippen molar-refractivity contribution in [3.63, 3.8) is 0 Å². The SMILES string of the molecule is CCN(CC(=O)OC)C(=O)c1cccnc1. The van der Waals surface area contributed by atoms with Crippen LogP contribution in [0.2, 0.25) is 0 Å². The Labute approximate surface area is 94.0 Å². The number of rotatable bonds is 4. The van der Waals surface area contributed by atoms with Gasteiger partial charge in [0.15, 0.2) is 0 Å². The van der Waals surface area contributed by atoms with Crippen LogP contribution in [0.3, 0.4) is 0 Å². The molecule has 0 saturated heterocycles. The highest BCUT2D eigenvalue weighted by atomic mass is 16.5. The number of ether oxygens (including phenoxy) is 1. The molecule has 1 rings (SSSR count). The zero-order chi connectivity index (χ0) is 12.0. The molecule has 0 bridgehead atoms. The predicted octanol–water partition coefficient (Wildman–Crippen LogP) is 0.717. The molecule has 0 N–H and O–H groups in total. The van der Waals surface area contributed by atoms with Crippen LogP contribution in [0.5, 0.6) is 0 Å². The molecule has 0 saturated carbocycles. The second-order valence-corrected chi connectivity index (χ2v) is 3.14. The van der Waals surface area contributed by atoms with Crippen molar-refractivity contribution < 1.29 is 14.3 Å². The fourth-order valence-electron chi connectivity index (χ4n) is 1.22. The van der Waals surface area contributed by atoms with E-state index in [9.17, 15) is 9.59 Å². The number of methoxy groups -OCH3 is 1. The van der Waals surface area contributed by atoms with Crippen molar-refractivity contribution in [2.24, 2.45) is 0 Å². The number of esters is 1. The van der Waals surface area contributed by atoms with Crippen LogP contribution in [0, 0.1) is 0 Å². The first-order chi connectivity index (χ1) is 7.69. The lowest BCUT2D eigenvalue weighted by Crippen LogP contribution is -2.36. The molecule has 0 fully saturated rings. The minimum absolute atomic E-state index is 0.0409. The van der Waals surface area contributed by atoms with Gasteiger partial charge in [-0.15, -0.1) is 0 Å². The molecular formula is C11H14N2O3. The van der Waals surface area contributed by atoms with Gasteiger partial charge in [0, 0.05) is 18.9 Å². The van der Waals surface area contributed by atoms with Gasteiger partial charge in [-0.25, -0.2) is 0 Å². The fourth-order valence-corrected chi connectivity index (χ4v) is 1.22. The average molecular weight is 222 g/mol. The van der Waals surface area contributed by atoms with Crippen molar-refractivity contribution in [2.75, 3.05) is 20.2 Å². The molecule has 0 aromatic carbocycles. The number of carbonyl (C=O) groups is 2. The van der Waals surface area contributed by atoms with Crippen LogP contribution in [0.15, 0.2) is 24.5 Å². The summed E-state index contributed by atoms with van der Waals surface area (Å²) < 4.78 is 4.52. The first kappa shape index (κ1) is 12.2. The molecule has 0 atom stereocenters. The Morgan fingerprint density at radius 3 is 2.75 bits per heavy atom. The molecule has 0 aliphatic rings. The van der Waals surface area contributed by atoms with E-state index in [2.05, 4.69) is 9.72 Å². The standard InChI is InChI=1S/C11H14N2O3/c1-3-13(8-10(14)16-2)11(15)9-5-4-6-12-7-9/h4-7H,3,8H2,1-2H3. The Kier molecular flexibility index (Phi) is 4.44. The third kappa shape index (κ3) is 3.05. The summed E-state index contributed by atoms with van der Waals surface area (Å²) in [6.45, 7) is 2.21. The van der Waals surface area contributed by atoms with Gasteiger partial charge in [0.1, 0.15) is 6.54 Å². The number of aromatic nitrogens is 1. The molecule has 0 aliphatic heterocycles. The van der Waals surface area contributed by atoms with E-state index in [1.165, 1.54) is 18.2 Å². The maximum Gasteiger partial charge on any atom is 0.325 e. The van der Waals surface area contributed by atoms with Crippen LogP contribution in [0.4, 0.5) is 0 Å². The molecule has 0 spiro atoms. The van der Waals surface area contributed by atoms with Crippen LogP contribution in [-0.4, -0.2) is 42.0 Å². The van der Waals surface area contributed by atoms with E-state index in [-0.39, 0.29) is 12.5 Å². The van der Waals surface area contributed by atoms with Gasteiger partial charge in [0.2, 0.25) is 0 Å². The summed E-state index contributed by atoms with van der Waals surface area (Å²) >= 11 is 0. The lowest BCUT2D eigenvalue weighted by atomic mass is 10.2. The normalized spacial score (nSPS) is 9.62. The molecule has 86 valence electrons. The number of amides is 1. The lowest BCUT2D eigenvalue weighted by molar-refractivity contribution is -0.141. The van der Waals surface area contributed by atoms with Crippen molar-refractivity contribution >= 4 is 11.9 Å². The number of hydrogen-bond acceptors (Lipinski definition) is 4. The largest absolute Gasteiger partial charge is 0.468 e. The van der Waals surface area contributed by atoms with Crippen molar-refractivity contribution in [3.8, 4) is 0 Å². The molecular weight excluding hydrogens is 208 g/mol. The summed E-state index contributed by atoms with van der Waals surface area (Å²) in [7, 11) is 1.30. The highest BCUT2D eigenvalue weighted by molar-refractivity contribution is 5.95. The summed E-state index contributed by atoms with van der Waals surface area (Å²) in [5.41, 5.74) is 0.466. The Balaban J connectivity index is 2.74. The lowest BCUT2D eigenvalue weighted by Gasteiger charge is -2.18. The van der Waals surface area contributed by atoms with Crippen molar-refractivity contribution in [3.05, 3.63) is 30.1 Å². The Morgan fingerprint density at radius 2 is 2.25 bits per heavy atom. The second-order valence-electron chi connectivity index (χ2n) is 3.14. The highest BCUT2D eigenvalue weighted by Crippen LogP contribution is 2.02. The first-order valence-corrected chi connectivity index (χ1v) is 4.95. The first-order valence-electron chi connectivity index (χ1n) is 4.95. The molecule has 1 amide bonds. The summed E-state index contributed by atoms with van der Waals surface area (Å²) in [4.78, 5) is 28.3. The Bertz CT molecular complexity index is 365. The van der Waals surface area contributed by atoms with Crippen LogP contribution < -0.4 is 0 Å². The van der Waals surface area contributed by atoms with Crippen LogP contribution in [0.1, 0.15) is 17.3 Å². The summed E-state index contributed by atoms with van der Waals surface area (Å²) in [6, 6.07) is 3.34. The van der Waals surface area contributed by atoms with Crippen molar-refractivity contribution in [1.29, 1.82) is 0 Å². The minimum atomic E-state index is -0.431. The van der Waals surface area contributed by atoms with Gasteiger partial charge in [-0.1, -0.05) is 0 Å². The molecule has 0 radical (unpaired) electrons. The monoisotopic (exact) mass is 222 g/mol. The van der Waals surface area contributed by atoms with E-state index in [1.54, 1.807) is 25.3 Å². The van der Waals surface area contributed by atoms with E-state index < -0.39 is 5.97 Å². The molecule has 0 unspecified atom stereocenters. The van der Waals surface area contributed by atoms with E-state index >= 15 is 0 Å². The summed E-state index contributed by atoms with van der Waals surface area (Å²) in [5.74, 6) is -0.653. The number of likely N-dealkylation sites (N-methyl/N-ethyl adjacent to an activating group) is 1. The van der Waals surface area contributed by atoms with Gasteiger partial charge in [-0.05, 0) is 19.1 Å². The van der Waals surface area contributed by atoms with Crippen LogP contribution in [-0.2, 0) is 9.53 Å². The van der Waals surface area contributed by atoms with Crippen molar-refractivity contribution in [2.45, 2.75) is 6.92 Å². The maximum atomic E-state index is 11.9. The number of hydrogen-bond donors (Lipinski definition) is 0. The van der Waals surface area contributed by atoms with Gasteiger partial charge in [0.25, 0.3) is 5.91 Å².